The highest BCUT2D eigenvalue weighted by molar-refractivity contribution is 7.93. The number of rotatable bonds is 7. The maximum atomic E-state index is 14.3. The molecule has 216 valence electrons. The third-order valence-electron chi connectivity index (χ3n) is 7.74. The minimum absolute atomic E-state index is 0.135. The quantitative estimate of drug-likeness (QED) is 0.227. The van der Waals surface area contributed by atoms with Gasteiger partial charge in [0, 0.05) is 23.6 Å². The first-order valence-corrected chi connectivity index (χ1v) is 16.2. The molecule has 0 saturated carbocycles. The third kappa shape index (κ3) is 4.51. The lowest BCUT2D eigenvalue weighted by Gasteiger charge is -2.27. The summed E-state index contributed by atoms with van der Waals surface area (Å²) >= 11 is 0. The van der Waals surface area contributed by atoms with Gasteiger partial charge in [0.1, 0.15) is 11.5 Å². The summed E-state index contributed by atoms with van der Waals surface area (Å²) in [5, 5.41) is 0.582. The van der Waals surface area contributed by atoms with Gasteiger partial charge in [0.15, 0.2) is 0 Å². The highest BCUT2D eigenvalue weighted by atomic mass is 32.2. The Morgan fingerprint density at radius 1 is 0.690 bits per heavy atom. The van der Waals surface area contributed by atoms with Crippen LogP contribution in [-0.4, -0.2) is 35.0 Å². The lowest BCUT2D eigenvalue weighted by atomic mass is 10.0. The largest absolute Gasteiger partial charge is 0.497 e. The number of ether oxygens (including phenoxy) is 2. The van der Waals surface area contributed by atoms with Gasteiger partial charge in [-0.15, -0.1) is 0 Å². The molecule has 1 aliphatic rings. The average molecular weight is 603 g/mol. The van der Waals surface area contributed by atoms with Crippen LogP contribution in [0.4, 0.5) is 5.69 Å². The number of hydrogen-bond donors (Lipinski definition) is 0. The van der Waals surface area contributed by atoms with E-state index in [4.69, 9.17) is 9.47 Å². The van der Waals surface area contributed by atoms with E-state index in [1.807, 2.05) is 19.9 Å². The average Bonchev–Trinajstić information content (AvgIpc) is 3.56. The van der Waals surface area contributed by atoms with Crippen LogP contribution < -0.4 is 13.8 Å². The number of hydrogen-bond acceptors (Lipinski definition) is 6. The van der Waals surface area contributed by atoms with Gasteiger partial charge in [0.05, 0.1) is 41.3 Å². The lowest BCUT2D eigenvalue weighted by molar-refractivity contribution is 0.414. The van der Waals surface area contributed by atoms with Gasteiger partial charge >= 0.3 is 0 Å². The van der Waals surface area contributed by atoms with Crippen molar-refractivity contribution in [2.75, 3.05) is 18.5 Å². The molecule has 0 radical (unpaired) electrons. The van der Waals surface area contributed by atoms with E-state index in [2.05, 4.69) is 0 Å². The van der Waals surface area contributed by atoms with Crippen molar-refractivity contribution in [2.45, 2.75) is 36.1 Å². The smallest absolute Gasteiger partial charge is 0.268 e. The Morgan fingerprint density at radius 2 is 1.24 bits per heavy atom. The molecule has 1 aliphatic heterocycles. The number of aromatic nitrogens is 1. The Hall–Kier alpha value is -4.28. The minimum atomic E-state index is -4.05. The van der Waals surface area contributed by atoms with E-state index in [9.17, 15) is 16.8 Å². The summed E-state index contributed by atoms with van der Waals surface area (Å²) in [6.45, 7) is 3.79. The fraction of sp³-hybridized carbons (Fsp3) is 0.188. The molecule has 42 heavy (non-hydrogen) atoms. The van der Waals surface area contributed by atoms with E-state index in [1.165, 1.54) is 15.4 Å². The summed E-state index contributed by atoms with van der Waals surface area (Å²) in [6, 6.07) is 23.1. The molecule has 8 nitrogen and oxygen atoms in total. The van der Waals surface area contributed by atoms with Crippen molar-refractivity contribution in [3.05, 3.63) is 113 Å². The summed E-state index contributed by atoms with van der Waals surface area (Å²) in [4.78, 5) is 0.284. The monoisotopic (exact) mass is 602 g/mol. The molecule has 0 bridgehead atoms. The number of benzene rings is 4. The standard InChI is InChI=1S/C32H30N2O6S2/c1-21-5-11-26(12-6-21)41(35,36)33-20-29(28-19-25(40-4)10-16-31(28)33)32-18-23-17-24(39-3)9-15-30(23)34(32)42(37,38)27-13-7-22(2)8-14-27/h5-17,19-20,32H,18H2,1-4H3. The van der Waals surface area contributed by atoms with Gasteiger partial charge in [0.25, 0.3) is 20.0 Å². The predicted molar refractivity (Wildman–Crippen MR) is 163 cm³/mol. The van der Waals surface area contributed by atoms with Crippen LogP contribution in [0, 0.1) is 13.8 Å². The van der Waals surface area contributed by atoms with Crippen LogP contribution in [-0.2, 0) is 26.5 Å². The Labute approximate surface area is 245 Å². The van der Waals surface area contributed by atoms with Crippen molar-refractivity contribution in [2.24, 2.45) is 0 Å². The molecule has 1 atom stereocenters. The second kappa shape index (κ2) is 10.2. The summed E-state index contributed by atoms with van der Waals surface area (Å²) in [7, 11) is -4.97. The number of sulfonamides is 1. The van der Waals surface area contributed by atoms with Gasteiger partial charge in [-0.2, -0.15) is 0 Å². The molecule has 0 aliphatic carbocycles. The van der Waals surface area contributed by atoms with Crippen molar-refractivity contribution in [3.63, 3.8) is 0 Å². The second-order valence-electron chi connectivity index (χ2n) is 10.4. The number of aryl methyl sites for hydroxylation is 2. The molecule has 1 aromatic heterocycles. The van der Waals surface area contributed by atoms with Crippen LogP contribution in [0.25, 0.3) is 10.9 Å². The first-order chi connectivity index (χ1) is 20.0. The van der Waals surface area contributed by atoms with E-state index in [0.29, 0.717) is 40.1 Å². The topological polar surface area (TPSA) is 94.9 Å². The second-order valence-corrected chi connectivity index (χ2v) is 14.0. The van der Waals surface area contributed by atoms with E-state index in [-0.39, 0.29) is 9.79 Å². The van der Waals surface area contributed by atoms with Crippen LogP contribution in [0.5, 0.6) is 11.5 Å². The number of nitrogens with zero attached hydrogens (tertiary/aromatic N) is 2. The molecule has 0 spiro atoms. The van der Waals surface area contributed by atoms with Crippen LogP contribution in [0.15, 0.2) is 101 Å². The summed E-state index contributed by atoms with van der Waals surface area (Å²) in [6.07, 6.45) is 1.86. The first kappa shape index (κ1) is 27.9. The number of fused-ring (bicyclic) bond motifs is 2. The van der Waals surface area contributed by atoms with Crippen LogP contribution in [0.1, 0.15) is 28.3 Å². The highest BCUT2D eigenvalue weighted by Gasteiger charge is 2.41. The molecular formula is C32H30N2O6S2. The summed E-state index contributed by atoms with van der Waals surface area (Å²) < 4.78 is 70.1. The zero-order valence-electron chi connectivity index (χ0n) is 23.6. The van der Waals surface area contributed by atoms with E-state index in [0.717, 1.165) is 16.7 Å². The summed E-state index contributed by atoms with van der Waals surface area (Å²) in [5.41, 5.74) is 4.14. The molecule has 1 unspecified atom stereocenters. The third-order valence-corrected chi connectivity index (χ3v) is 11.3. The van der Waals surface area contributed by atoms with Crippen molar-refractivity contribution in [3.8, 4) is 11.5 Å². The fourth-order valence-corrected chi connectivity index (χ4v) is 8.55. The van der Waals surface area contributed by atoms with Crippen molar-refractivity contribution in [1.29, 1.82) is 0 Å². The van der Waals surface area contributed by atoms with Crippen molar-refractivity contribution < 1.29 is 26.3 Å². The molecule has 0 fully saturated rings. The van der Waals surface area contributed by atoms with Gasteiger partial charge < -0.3 is 9.47 Å². The first-order valence-electron chi connectivity index (χ1n) is 13.3. The molecular weight excluding hydrogens is 572 g/mol. The van der Waals surface area contributed by atoms with E-state index >= 15 is 0 Å². The lowest BCUT2D eigenvalue weighted by Crippen LogP contribution is -2.32. The fourth-order valence-electron chi connectivity index (χ4n) is 5.50. The molecule has 0 amide bonds. The molecule has 5 aromatic rings. The number of methoxy groups -OCH3 is 2. The maximum Gasteiger partial charge on any atom is 0.268 e. The Morgan fingerprint density at radius 3 is 1.83 bits per heavy atom. The molecule has 2 heterocycles. The maximum absolute atomic E-state index is 14.3. The Bertz CT molecular complexity index is 2030. The van der Waals surface area contributed by atoms with Crippen LogP contribution in [0.3, 0.4) is 0 Å². The van der Waals surface area contributed by atoms with Gasteiger partial charge in [-0.25, -0.2) is 20.8 Å². The van der Waals surface area contributed by atoms with E-state index in [1.54, 1.807) is 92.2 Å². The Balaban J connectivity index is 1.60. The molecule has 0 N–H and O–H groups in total. The Kier molecular flexibility index (Phi) is 6.78. The summed E-state index contributed by atoms with van der Waals surface area (Å²) in [5.74, 6) is 1.13. The SMILES string of the molecule is COc1ccc2c(c1)CC(c1cn(S(=O)(=O)c3ccc(C)cc3)c3ccc(OC)cc13)N2S(=O)(=O)c1ccc(C)cc1. The predicted octanol–water partition coefficient (Wildman–Crippen LogP) is 6.01. The minimum Gasteiger partial charge on any atom is -0.497 e. The van der Waals surface area contributed by atoms with Gasteiger partial charge in [0.2, 0.25) is 0 Å². The van der Waals surface area contributed by atoms with Crippen molar-refractivity contribution >= 4 is 36.6 Å². The molecule has 6 rings (SSSR count). The zero-order valence-corrected chi connectivity index (χ0v) is 25.2. The van der Waals surface area contributed by atoms with Crippen molar-refractivity contribution in [1.82, 2.24) is 3.97 Å². The molecule has 0 saturated heterocycles. The van der Waals surface area contributed by atoms with Gasteiger partial charge in [-0.1, -0.05) is 35.4 Å². The highest BCUT2D eigenvalue weighted by Crippen LogP contribution is 2.47. The van der Waals surface area contributed by atoms with E-state index < -0.39 is 26.1 Å². The molecule has 4 aromatic carbocycles. The molecule has 10 heteroatoms. The van der Waals surface area contributed by atoms with Crippen LogP contribution >= 0.6 is 0 Å². The zero-order chi connectivity index (χ0) is 29.8. The normalized spacial score (nSPS) is 15.1. The van der Waals surface area contributed by atoms with Gasteiger partial charge in [-0.05, 0) is 80.1 Å². The van der Waals surface area contributed by atoms with Gasteiger partial charge in [-0.3, -0.25) is 4.31 Å². The number of anilines is 1. The van der Waals surface area contributed by atoms with Crippen LogP contribution in [0.2, 0.25) is 0 Å².